The Morgan fingerprint density at radius 2 is 1.81 bits per heavy atom. The lowest BCUT2D eigenvalue weighted by molar-refractivity contribution is -0.126. The molecule has 3 rings (SSSR count). The summed E-state index contributed by atoms with van der Waals surface area (Å²) in [6.07, 6.45) is 0.841. The number of carbonyl (C=O) groups is 3. The summed E-state index contributed by atoms with van der Waals surface area (Å²) in [4.78, 5) is 40.3. The van der Waals surface area contributed by atoms with Gasteiger partial charge in [0, 0.05) is 45.3 Å². The third kappa shape index (κ3) is 5.24. The zero-order valence-electron chi connectivity index (χ0n) is 15.3. The number of anilines is 1. The summed E-state index contributed by atoms with van der Waals surface area (Å²) in [6, 6.07) is 11.3. The van der Waals surface area contributed by atoms with Gasteiger partial charge in [-0.15, -0.1) is 11.3 Å². The summed E-state index contributed by atoms with van der Waals surface area (Å²) in [5.41, 5.74) is 1.93. The minimum atomic E-state index is -0.410. The van der Waals surface area contributed by atoms with Crippen molar-refractivity contribution in [3.05, 3.63) is 52.2 Å². The second-order valence-electron chi connectivity index (χ2n) is 6.61. The normalized spacial score (nSPS) is 15.2. The molecule has 1 aliphatic rings. The van der Waals surface area contributed by atoms with Crippen LogP contribution in [-0.4, -0.2) is 53.6 Å². The monoisotopic (exact) mass is 385 g/mol. The molecule has 0 atom stereocenters. The van der Waals surface area contributed by atoms with Gasteiger partial charge in [0.15, 0.2) is 0 Å². The molecule has 142 valence electrons. The summed E-state index contributed by atoms with van der Waals surface area (Å²) in [6.45, 7) is 5.04. The average molecular weight is 385 g/mol. The van der Waals surface area contributed by atoms with Crippen LogP contribution in [0, 0.1) is 0 Å². The van der Waals surface area contributed by atoms with Crippen LogP contribution in [0.2, 0.25) is 0 Å². The maximum atomic E-state index is 12.5. The number of thiophene rings is 1. The summed E-state index contributed by atoms with van der Waals surface area (Å²) >= 11 is 1.30. The predicted octanol–water partition coefficient (Wildman–Crippen LogP) is 2.62. The lowest BCUT2D eigenvalue weighted by Gasteiger charge is -2.21. The number of nitrogens with one attached hydrogen (secondary N) is 1. The Kier molecular flexibility index (Phi) is 6.36. The molecule has 0 saturated carbocycles. The molecular formula is C20H23N3O3S. The fraction of sp³-hybridized carbons (Fsp3) is 0.350. The van der Waals surface area contributed by atoms with E-state index in [0.29, 0.717) is 18.0 Å². The fourth-order valence-corrected chi connectivity index (χ4v) is 3.80. The van der Waals surface area contributed by atoms with Gasteiger partial charge in [0.1, 0.15) is 0 Å². The van der Waals surface area contributed by atoms with E-state index in [1.807, 2.05) is 29.6 Å². The van der Waals surface area contributed by atoms with Crippen molar-refractivity contribution in [1.82, 2.24) is 9.80 Å². The Morgan fingerprint density at radius 1 is 1.04 bits per heavy atom. The first-order chi connectivity index (χ1) is 13.0. The highest BCUT2D eigenvalue weighted by atomic mass is 32.1. The molecule has 1 aromatic heterocycles. The predicted molar refractivity (Wildman–Crippen MR) is 106 cm³/mol. The SMILES string of the molecule is CC(=O)Nc1ccc(CN2CCCN(C(=O)C(=O)c3cccs3)CC2)cc1. The van der Waals surface area contributed by atoms with E-state index >= 15 is 0 Å². The van der Waals surface area contributed by atoms with Gasteiger partial charge in [-0.3, -0.25) is 19.3 Å². The molecule has 2 aromatic rings. The van der Waals surface area contributed by atoms with Crippen LogP contribution >= 0.6 is 11.3 Å². The van der Waals surface area contributed by atoms with Crippen molar-refractivity contribution in [2.24, 2.45) is 0 Å². The van der Waals surface area contributed by atoms with Gasteiger partial charge >= 0.3 is 0 Å². The van der Waals surface area contributed by atoms with Crippen molar-refractivity contribution in [2.45, 2.75) is 19.9 Å². The number of benzene rings is 1. The molecular weight excluding hydrogens is 362 g/mol. The first kappa shape index (κ1) is 19.3. The Balaban J connectivity index is 1.54. The zero-order chi connectivity index (χ0) is 19.2. The van der Waals surface area contributed by atoms with Crippen LogP contribution in [0.15, 0.2) is 41.8 Å². The molecule has 1 aromatic carbocycles. The van der Waals surface area contributed by atoms with E-state index in [0.717, 1.165) is 37.3 Å². The van der Waals surface area contributed by atoms with E-state index in [2.05, 4.69) is 10.2 Å². The summed E-state index contributed by atoms with van der Waals surface area (Å²) in [7, 11) is 0. The third-order valence-corrected chi connectivity index (χ3v) is 5.36. The molecule has 2 amide bonds. The maximum absolute atomic E-state index is 12.5. The number of rotatable bonds is 5. The number of hydrogen-bond donors (Lipinski definition) is 1. The molecule has 0 aliphatic carbocycles. The Hall–Kier alpha value is -2.51. The molecule has 2 heterocycles. The summed E-state index contributed by atoms with van der Waals surface area (Å²) < 4.78 is 0. The van der Waals surface area contributed by atoms with Gasteiger partial charge in [0.2, 0.25) is 5.91 Å². The fourth-order valence-electron chi connectivity index (χ4n) is 3.14. The molecule has 1 N–H and O–H groups in total. The highest BCUT2D eigenvalue weighted by Gasteiger charge is 2.26. The van der Waals surface area contributed by atoms with Crippen LogP contribution in [0.25, 0.3) is 0 Å². The highest BCUT2D eigenvalue weighted by Crippen LogP contribution is 2.15. The molecule has 27 heavy (non-hydrogen) atoms. The van der Waals surface area contributed by atoms with Crippen LogP contribution in [-0.2, 0) is 16.1 Å². The van der Waals surface area contributed by atoms with Gasteiger partial charge in [0.05, 0.1) is 4.88 Å². The zero-order valence-corrected chi connectivity index (χ0v) is 16.1. The Labute approximate surface area is 162 Å². The van der Waals surface area contributed by atoms with Crippen LogP contribution in [0.4, 0.5) is 5.69 Å². The summed E-state index contributed by atoms with van der Waals surface area (Å²) in [5.74, 6) is -0.900. The molecule has 1 saturated heterocycles. The quantitative estimate of drug-likeness (QED) is 0.635. The topological polar surface area (TPSA) is 69.7 Å². The Morgan fingerprint density at radius 3 is 2.48 bits per heavy atom. The number of amides is 2. The molecule has 1 aliphatic heterocycles. The van der Waals surface area contributed by atoms with Crippen molar-refractivity contribution < 1.29 is 14.4 Å². The second-order valence-corrected chi connectivity index (χ2v) is 7.55. The molecule has 0 unspecified atom stereocenters. The van der Waals surface area contributed by atoms with E-state index in [4.69, 9.17) is 0 Å². The average Bonchev–Trinajstić information content (AvgIpc) is 3.09. The van der Waals surface area contributed by atoms with E-state index < -0.39 is 11.7 Å². The number of Topliss-reactive ketones (excluding diaryl/α,β-unsaturated/α-hetero) is 1. The lowest BCUT2D eigenvalue weighted by atomic mass is 10.2. The molecule has 6 nitrogen and oxygen atoms in total. The van der Waals surface area contributed by atoms with Gasteiger partial charge in [0.25, 0.3) is 11.7 Å². The molecule has 0 radical (unpaired) electrons. The van der Waals surface area contributed by atoms with Crippen molar-refractivity contribution in [2.75, 3.05) is 31.5 Å². The smallest absolute Gasteiger partial charge is 0.295 e. The third-order valence-electron chi connectivity index (χ3n) is 4.50. The minimum absolute atomic E-state index is 0.0860. The highest BCUT2D eigenvalue weighted by molar-refractivity contribution is 7.13. The first-order valence-electron chi connectivity index (χ1n) is 8.99. The van der Waals surface area contributed by atoms with Crippen LogP contribution in [0.1, 0.15) is 28.6 Å². The maximum Gasteiger partial charge on any atom is 0.295 e. The van der Waals surface area contributed by atoms with Gasteiger partial charge in [-0.25, -0.2) is 0 Å². The standard InChI is InChI=1S/C20H23N3O3S/c1-15(24)21-17-7-5-16(6-8-17)14-22-9-3-10-23(12-11-22)20(26)19(25)18-4-2-13-27-18/h2,4-8,13H,3,9-12,14H2,1H3,(H,21,24). The second kappa shape index (κ2) is 8.92. The van der Waals surface area contributed by atoms with Crippen LogP contribution in [0.3, 0.4) is 0 Å². The van der Waals surface area contributed by atoms with Gasteiger partial charge in [-0.2, -0.15) is 0 Å². The van der Waals surface area contributed by atoms with Crippen molar-refractivity contribution >= 4 is 34.6 Å². The lowest BCUT2D eigenvalue weighted by Crippen LogP contribution is -2.39. The van der Waals surface area contributed by atoms with E-state index in [1.165, 1.54) is 18.3 Å². The number of hydrogen-bond acceptors (Lipinski definition) is 5. The largest absolute Gasteiger partial charge is 0.334 e. The minimum Gasteiger partial charge on any atom is -0.334 e. The first-order valence-corrected chi connectivity index (χ1v) is 9.87. The van der Waals surface area contributed by atoms with Crippen molar-refractivity contribution in [3.8, 4) is 0 Å². The number of carbonyl (C=O) groups excluding carboxylic acids is 3. The van der Waals surface area contributed by atoms with E-state index in [9.17, 15) is 14.4 Å². The number of ketones is 1. The van der Waals surface area contributed by atoms with Gasteiger partial charge in [-0.1, -0.05) is 18.2 Å². The van der Waals surface area contributed by atoms with Crippen LogP contribution in [0.5, 0.6) is 0 Å². The molecule has 0 spiro atoms. The van der Waals surface area contributed by atoms with Crippen molar-refractivity contribution in [1.29, 1.82) is 0 Å². The summed E-state index contributed by atoms with van der Waals surface area (Å²) in [5, 5.41) is 4.57. The van der Waals surface area contributed by atoms with Crippen LogP contribution < -0.4 is 5.32 Å². The Bertz CT molecular complexity index is 802. The van der Waals surface area contributed by atoms with Gasteiger partial charge < -0.3 is 10.2 Å². The van der Waals surface area contributed by atoms with E-state index in [-0.39, 0.29) is 5.91 Å². The molecule has 7 heteroatoms. The molecule has 0 bridgehead atoms. The van der Waals surface area contributed by atoms with E-state index in [1.54, 1.807) is 17.0 Å². The van der Waals surface area contributed by atoms with Crippen molar-refractivity contribution in [3.63, 3.8) is 0 Å². The molecule has 1 fully saturated rings. The van der Waals surface area contributed by atoms with Gasteiger partial charge in [-0.05, 0) is 35.6 Å². The number of nitrogens with zero attached hydrogens (tertiary/aromatic N) is 2.